The molecular formula is C14H17N3. The first-order valence-electron chi connectivity index (χ1n) is 6.35. The van der Waals surface area contributed by atoms with Crippen molar-refractivity contribution in [2.24, 2.45) is 5.92 Å². The molecular weight excluding hydrogens is 210 g/mol. The lowest BCUT2D eigenvalue weighted by Crippen LogP contribution is -2.28. The molecule has 1 saturated heterocycles. The fraction of sp³-hybridized carbons (Fsp3) is 0.500. The topological polar surface area (TPSA) is 39.1 Å². The maximum absolute atomic E-state index is 8.89. The number of hydrogen-bond donors (Lipinski definition) is 1. The first kappa shape index (κ1) is 10.6. The first-order valence-corrected chi connectivity index (χ1v) is 6.35. The number of hydrogen-bond acceptors (Lipinski definition) is 3. The fourth-order valence-electron chi connectivity index (χ4n) is 2.91. The molecule has 3 rings (SSSR count). The average molecular weight is 227 g/mol. The molecule has 88 valence electrons. The molecule has 3 nitrogen and oxygen atoms in total. The third kappa shape index (κ3) is 2.01. The number of benzene rings is 1. The van der Waals surface area contributed by atoms with Crippen LogP contribution in [0.5, 0.6) is 0 Å². The Labute approximate surface area is 102 Å². The molecule has 1 atom stereocenters. The van der Waals surface area contributed by atoms with Crippen LogP contribution in [0.25, 0.3) is 0 Å². The molecule has 3 heteroatoms. The second-order valence-electron chi connectivity index (χ2n) is 5.01. The lowest BCUT2D eigenvalue weighted by Gasteiger charge is -2.22. The van der Waals surface area contributed by atoms with Gasteiger partial charge in [0.1, 0.15) is 0 Å². The van der Waals surface area contributed by atoms with Gasteiger partial charge in [-0.1, -0.05) is 0 Å². The van der Waals surface area contributed by atoms with Crippen molar-refractivity contribution in [3.63, 3.8) is 0 Å². The number of rotatable bonds is 2. The summed E-state index contributed by atoms with van der Waals surface area (Å²) in [4.78, 5) is 2.48. The molecule has 0 saturated carbocycles. The molecule has 0 amide bonds. The summed E-state index contributed by atoms with van der Waals surface area (Å²) in [6.07, 6.45) is 2.38. The highest BCUT2D eigenvalue weighted by atomic mass is 15.2. The Morgan fingerprint density at radius 1 is 1.47 bits per heavy atom. The highest BCUT2D eigenvalue weighted by Gasteiger charge is 2.23. The van der Waals surface area contributed by atoms with Crippen molar-refractivity contribution in [3.05, 3.63) is 29.3 Å². The molecule has 2 aliphatic rings. The molecule has 1 fully saturated rings. The quantitative estimate of drug-likeness (QED) is 0.832. The minimum atomic E-state index is 0.785. The molecule has 0 bridgehead atoms. The van der Waals surface area contributed by atoms with Gasteiger partial charge in [0.25, 0.3) is 0 Å². The minimum absolute atomic E-state index is 0.785. The number of anilines is 1. The molecule has 1 unspecified atom stereocenters. The van der Waals surface area contributed by atoms with Crippen molar-refractivity contribution in [2.45, 2.75) is 12.8 Å². The molecule has 2 heterocycles. The summed E-state index contributed by atoms with van der Waals surface area (Å²) in [6, 6.07) is 8.31. The first-order chi connectivity index (χ1) is 8.36. The number of nitriles is 1. The van der Waals surface area contributed by atoms with Crippen LogP contribution in [0.15, 0.2) is 18.2 Å². The van der Waals surface area contributed by atoms with Gasteiger partial charge < -0.3 is 10.2 Å². The molecule has 0 aromatic heterocycles. The number of fused-ring (bicyclic) bond motifs is 1. The van der Waals surface area contributed by atoms with E-state index >= 15 is 0 Å². The van der Waals surface area contributed by atoms with E-state index in [1.54, 1.807) is 0 Å². The maximum Gasteiger partial charge on any atom is 0.0991 e. The summed E-state index contributed by atoms with van der Waals surface area (Å²) in [5, 5.41) is 12.3. The normalized spacial score (nSPS) is 22.5. The van der Waals surface area contributed by atoms with Crippen LogP contribution in [0.4, 0.5) is 5.69 Å². The van der Waals surface area contributed by atoms with Gasteiger partial charge in [0.15, 0.2) is 0 Å². The van der Waals surface area contributed by atoms with Crippen LogP contribution in [0.2, 0.25) is 0 Å². The van der Waals surface area contributed by atoms with Crippen LogP contribution in [-0.4, -0.2) is 26.2 Å². The van der Waals surface area contributed by atoms with Crippen LogP contribution >= 0.6 is 0 Å². The van der Waals surface area contributed by atoms with E-state index < -0.39 is 0 Å². The maximum atomic E-state index is 8.89. The second kappa shape index (κ2) is 4.38. The van der Waals surface area contributed by atoms with Crippen molar-refractivity contribution < 1.29 is 0 Å². The summed E-state index contributed by atoms with van der Waals surface area (Å²) in [5.74, 6) is 0.789. The Kier molecular flexibility index (Phi) is 2.74. The highest BCUT2D eigenvalue weighted by molar-refractivity contribution is 5.60. The molecule has 0 aliphatic carbocycles. The Balaban J connectivity index is 1.77. The summed E-state index contributed by atoms with van der Waals surface area (Å²) in [5.41, 5.74) is 3.47. The van der Waals surface area contributed by atoms with Crippen molar-refractivity contribution in [2.75, 3.05) is 31.1 Å². The van der Waals surface area contributed by atoms with Crippen LogP contribution in [0, 0.1) is 17.2 Å². The zero-order valence-electron chi connectivity index (χ0n) is 9.95. The van der Waals surface area contributed by atoms with Crippen LogP contribution in [-0.2, 0) is 6.42 Å². The molecule has 17 heavy (non-hydrogen) atoms. The van der Waals surface area contributed by atoms with E-state index in [1.165, 1.54) is 24.2 Å². The number of nitrogens with one attached hydrogen (secondary N) is 1. The van der Waals surface area contributed by atoms with Gasteiger partial charge in [0.2, 0.25) is 0 Å². The molecule has 1 N–H and O–H groups in total. The molecule has 2 aliphatic heterocycles. The molecule has 1 aromatic rings. The van der Waals surface area contributed by atoms with E-state index in [0.29, 0.717) is 0 Å². The minimum Gasteiger partial charge on any atom is -0.371 e. The summed E-state index contributed by atoms with van der Waals surface area (Å²) < 4.78 is 0. The van der Waals surface area contributed by atoms with Gasteiger partial charge in [-0.2, -0.15) is 5.26 Å². The predicted octanol–water partition coefficient (Wildman–Crippen LogP) is 1.53. The van der Waals surface area contributed by atoms with Gasteiger partial charge in [-0.05, 0) is 55.6 Å². The van der Waals surface area contributed by atoms with Gasteiger partial charge in [-0.15, -0.1) is 0 Å². The lowest BCUT2D eigenvalue weighted by molar-refractivity contribution is 0.567. The second-order valence-corrected chi connectivity index (χ2v) is 5.01. The Hall–Kier alpha value is -1.53. The highest BCUT2D eigenvalue weighted by Crippen LogP contribution is 2.29. The Bertz CT molecular complexity index is 455. The van der Waals surface area contributed by atoms with Crippen molar-refractivity contribution in [1.29, 1.82) is 5.26 Å². The third-order valence-electron chi connectivity index (χ3n) is 3.84. The van der Waals surface area contributed by atoms with Gasteiger partial charge in [0, 0.05) is 18.8 Å². The zero-order chi connectivity index (χ0) is 11.7. The molecule has 0 spiro atoms. The Morgan fingerprint density at radius 3 is 3.18 bits per heavy atom. The summed E-state index contributed by atoms with van der Waals surface area (Å²) in [6.45, 7) is 4.59. The van der Waals surface area contributed by atoms with Crippen molar-refractivity contribution >= 4 is 5.69 Å². The zero-order valence-corrected chi connectivity index (χ0v) is 9.95. The van der Waals surface area contributed by atoms with E-state index in [0.717, 1.165) is 37.5 Å². The summed E-state index contributed by atoms with van der Waals surface area (Å²) >= 11 is 0. The van der Waals surface area contributed by atoms with Crippen molar-refractivity contribution in [1.82, 2.24) is 5.32 Å². The lowest BCUT2D eigenvalue weighted by atomic mass is 10.1. The SMILES string of the molecule is N#Cc1ccc2c(c1)CCN2CC1CCNC1. The number of nitrogens with zero attached hydrogens (tertiary/aromatic N) is 2. The van der Waals surface area contributed by atoms with Crippen LogP contribution < -0.4 is 10.2 Å². The molecule has 0 radical (unpaired) electrons. The van der Waals surface area contributed by atoms with E-state index in [9.17, 15) is 0 Å². The van der Waals surface area contributed by atoms with E-state index in [4.69, 9.17) is 5.26 Å². The van der Waals surface area contributed by atoms with E-state index in [-0.39, 0.29) is 0 Å². The monoisotopic (exact) mass is 227 g/mol. The Morgan fingerprint density at radius 2 is 2.41 bits per heavy atom. The van der Waals surface area contributed by atoms with E-state index in [2.05, 4.69) is 22.4 Å². The van der Waals surface area contributed by atoms with E-state index in [1.807, 2.05) is 12.1 Å². The fourth-order valence-corrected chi connectivity index (χ4v) is 2.91. The van der Waals surface area contributed by atoms with Gasteiger partial charge in [0.05, 0.1) is 11.6 Å². The summed E-state index contributed by atoms with van der Waals surface area (Å²) in [7, 11) is 0. The van der Waals surface area contributed by atoms with Gasteiger partial charge in [-0.25, -0.2) is 0 Å². The van der Waals surface area contributed by atoms with Gasteiger partial charge in [-0.3, -0.25) is 0 Å². The van der Waals surface area contributed by atoms with Gasteiger partial charge >= 0.3 is 0 Å². The third-order valence-corrected chi connectivity index (χ3v) is 3.84. The largest absolute Gasteiger partial charge is 0.371 e. The average Bonchev–Trinajstić information content (AvgIpc) is 2.99. The smallest absolute Gasteiger partial charge is 0.0991 e. The van der Waals surface area contributed by atoms with Crippen molar-refractivity contribution in [3.8, 4) is 6.07 Å². The van der Waals surface area contributed by atoms with Crippen LogP contribution in [0.3, 0.4) is 0 Å². The van der Waals surface area contributed by atoms with Crippen LogP contribution in [0.1, 0.15) is 17.5 Å². The molecule has 1 aromatic carbocycles. The standard InChI is InChI=1S/C14H17N3/c15-8-11-1-2-14-13(7-11)4-6-17(14)10-12-3-5-16-9-12/h1-2,7,12,16H,3-6,9-10H2. The predicted molar refractivity (Wildman–Crippen MR) is 68.1 cm³/mol.